The molecule has 1 rings (SSSR count). The molecule has 19 heavy (non-hydrogen) atoms. The normalized spacial score (nSPS) is 10.9. The maximum atomic E-state index is 5.30. The molecule has 0 amide bonds. The largest absolute Gasteiger partial charge is 0.464 e. The second-order valence-corrected chi connectivity index (χ2v) is 4.45. The van der Waals surface area contributed by atoms with Crippen molar-refractivity contribution in [2.75, 3.05) is 44.4 Å². The van der Waals surface area contributed by atoms with Crippen LogP contribution in [0.1, 0.15) is 20.8 Å². The van der Waals surface area contributed by atoms with E-state index in [-0.39, 0.29) is 0 Å². The van der Waals surface area contributed by atoms with Crippen molar-refractivity contribution < 1.29 is 4.74 Å². The first-order chi connectivity index (χ1) is 9.06. The third-order valence-electron chi connectivity index (χ3n) is 2.74. The molecule has 0 spiro atoms. The van der Waals surface area contributed by atoms with Crippen molar-refractivity contribution in [1.29, 1.82) is 0 Å². The minimum atomic E-state index is 0.335. The van der Waals surface area contributed by atoms with Gasteiger partial charge in [0.15, 0.2) is 0 Å². The number of likely N-dealkylation sites (N-methyl/N-ethyl adjacent to an activating group) is 1. The molecule has 0 fully saturated rings. The zero-order chi connectivity index (χ0) is 14.3. The second-order valence-electron chi connectivity index (χ2n) is 4.45. The maximum absolute atomic E-state index is 5.30. The number of ether oxygens (including phenoxy) is 1. The highest BCUT2D eigenvalue weighted by atomic mass is 16.5. The molecule has 0 aromatic carbocycles. The predicted octanol–water partition coefficient (Wildman–Crippen LogP) is 1.06. The van der Waals surface area contributed by atoms with Crippen LogP contribution in [-0.2, 0) is 0 Å². The van der Waals surface area contributed by atoms with E-state index in [0.29, 0.717) is 30.6 Å². The van der Waals surface area contributed by atoms with E-state index in [2.05, 4.69) is 51.4 Å². The highest BCUT2D eigenvalue weighted by molar-refractivity contribution is 5.35. The third kappa shape index (κ3) is 5.25. The molecule has 1 heterocycles. The van der Waals surface area contributed by atoms with Gasteiger partial charge < -0.3 is 20.3 Å². The standard InChI is InChI=1S/C12H24N6O/c1-6-19-12-16-10(13-4)15-11(17-12)14-7-8-18(5)9(2)3/h9H,6-8H2,1-5H3,(H2,13,14,15,16,17). The topological polar surface area (TPSA) is 75.2 Å². The van der Waals surface area contributed by atoms with Gasteiger partial charge in [-0.3, -0.25) is 0 Å². The van der Waals surface area contributed by atoms with Crippen LogP contribution < -0.4 is 15.4 Å². The summed E-state index contributed by atoms with van der Waals surface area (Å²) < 4.78 is 5.30. The van der Waals surface area contributed by atoms with Crippen molar-refractivity contribution in [1.82, 2.24) is 19.9 Å². The van der Waals surface area contributed by atoms with Crippen molar-refractivity contribution in [3.8, 4) is 6.01 Å². The summed E-state index contributed by atoms with van der Waals surface area (Å²) in [6.45, 7) is 8.44. The van der Waals surface area contributed by atoms with Crippen LogP contribution in [0.15, 0.2) is 0 Å². The van der Waals surface area contributed by atoms with Crippen LogP contribution in [0.4, 0.5) is 11.9 Å². The van der Waals surface area contributed by atoms with Gasteiger partial charge in [-0.25, -0.2) is 0 Å². The minimum Gasteiger partial charge on any atom is -0.464 e. The van der Waals surface area contributed by atoms with E-state index in [9.17, 15) is 0 Å². The molecule has 1 aromatic rings. The first-order valence-electron chi connectivity index (χ1n) is 6.57. The molecule has 1 aromatic heterocycles. The molecule has 0 saturated carbocycles. The van der Waals surface area contributed by atoms with Gasteiger partial charge in [-0.1, -0.05) is 0 Å². The lowest BCUT2D eigenvalue weighted by atomic mass is 10.3. The van der Waals surface area contributed by atoms with Gasteiger partial charge in [0.05, 0.1) is 6.61 Å². The monoisotopic (exact) mass is 268 g/mol. The van der Waals surface area contributed by atoms with E-state index in [0.717, 1.165) is 13.1 Å². The molecular formula is C12H24N6O. The average molecular weight is 268 g/mol. The minimum absolute atomic E-state index is 0.335. The van der Waals surface area contributed by atoms with Gasteiger partial charge >= 0.3 is 6.01 Å². The van der Waals surface area contributed by atoms with Crippen LogP contribution in [-0.4, -0.2) is 59.7 Å². The molecule has 0 unspecified atom stereocenters. The first-order valence-corrected chi connectivity index (χ1v) is 6.57. The Labute approximate surface area is 114 Å². The van der Waals surface area contributed by atoms with Crippen LogP contribution in [0.5, 0.6) is 6.01 Å². The van der Waals surface area contributed by atoms with E-state index < -0.39 is 0 Å². The number of nitrogens with one attached hydrogen (secondary N) is 2. The van der Waals surface area contributed by atoms with Gasteiger partial charge in [0.1, 0.15) is 0 Å². The summed E-state index contributed by atoms with van der Waals surface area (Å²) in [4.78, 5) is 14.8. The van der Waals surface area contributed by atoms with E-state index >= 15 is 0 Å². The molecule has 2 N–H and O–H groups in total. The SMILES string of the molecule is CCOc1nc(NC)nc(NCCN(C)C(C)C)n1. The second kappa shape index (κ2) is 7.73. The first kappa shape index (κ1) is 15.4. The summed E-state index contributed by atoms with van der Waals surface area (Å²) >= 11 is 0. The molecule has 108 valence electrons. The molecule has 0 radical (unpaired) electrons. The van der Waals surface area contributed by atoms with Crippen LogP contribution in [0.2, 0.25) is 0 Å². The number of nitrogens with zero attached hydrogens (tertiary/aromatic N) is 4. The van der Waals surface area contributed by atoms with Gasteiger partial charge in [0, 0.05) is 26.2 Å². The van der Waals surface area contributed by atoms with Crippen molar-refractivity contribution >= 4 is 11.9 Å². The number of hydrogen-bond acceptors (Lipinski definition) is 7. The third-order valence-corrected chi connectivity index (χ3v) is 2.74. The Kier molecular flexibility index (Phi) is 6.27. The molecule has 0 aliphatic rings. The van der Waals surface area contributed by atoms with Crippen LogP contribution >= 0.6 is 0 Å². The van der Waals surface area contributed by atoms with Crippen molar-refractivity contribution in [2.45, 2.75) is 26.8 Å². The van der Waals surface area contributed by atoms with Crippen molar-refractivity contribution in [3.63, 3.8) is 0 Å². The molecular weight excluding hydrogens is 244 g/mol. The Morgan fingerprint density at radius 2 is 1.89 bits per heavy atom. The van der Waals surface area contributed by atoms with E-state index in [1.54, 1.807) is 7.05 Å². The summed E-state index contributed by atoms with van der Waals surface area (Å²) in [5, 5.41) is 6.07. The fourth-order valence-corrected chi connectivity index (χ4v) is 1.34. The van der Waals surface area contributed by atoms with Gasteiger partial charge in [0.2, 0.25) is 11.9 Å². The fraction of sp³-hybridized carbons (Fsp3) is 0.750. The van der Waals surface area contributed by atoms with Crippen LogP contribution in [0, 0.1) is 0 Å². The van der Waals surface area contributed by atoms with Crippen molar-refractivity contribution in [2.24, 2.45) is 0 Å². The smallest absolute Gasteiger partial charge is 0.323 e. The van der Waals surface area contributed by atoms with Crippen molar-refractivity contribution in [3.05, 3.63) is 0 Å². The summed E-state index contributed by atoms with van der Waals surface area (Å²) in [6, 6.07) is 0.855. The average Bonchev–Trinajstić information content (AvgIpc) is 2.38. The lowest BCUT2D eigenvalue weighted by Crippen LogP contribution is -2.31. The Morgan fingerprint density at radius 1 is 1.21 bits per heavy atom. The van der Waals surface area contributed by atoms with Gasteiger partial charge in [-0.15, -0.1) is 0 Å². The van der Waals surface area contributed by atoms with E-state index in [1.807, 2.05) is 6.92 Å². The number of aromatic nitrogens is 3. The van der Waals surface area contributed by atoms with Gasteiger partial charge in [0.25, 0.3) is 0 Å². The zero-order valence-corrected chi connectivity index (χ0v) is 12.4. The Morgan fingerprint density at radius 3 is 2.47 bits per heavy atom. The van der Waals surface area contributed by atoms with E-state index in [1.165, 1.54) is 0 Å². The number of rotatable bonds is 8. The molecule has 0 aliphatic carbocycles. The lowest BCUT2D eigenvalue weighted by Gasteiger charge is -2.20. The van der Waals surface area contributed by atoms with Gasteiger partial charge in [-0.05, 0) is 27.8 Å². The summed E-state index contributed by atoms with van der Waals surface area (Å²) in [6.07, 6.45) is 0. The lowest BCUT2D eigenvalue weighted by molar-refractivity contribution is 0.284. The number of anilines is 2. The fourth-order valence-electron chi connectivity index (χ4n) is 1.34. The predicted molar refractivity (Wildman–Crippen MR) is 76.8 cm³/mol. The Hall–Kier alpha value is -1.63. The molecule has 7 nitrogen and oxygen atoms in total. The van der Waals surface area contributed by atoms with Gasteiger partial charge in [-0.2, -0.15) is 15.0 Å². The quantitative estimate of drug-likeness (QED) is 0.730. The summed E-state index contributed by atoms with van der Waals surface area (Å²) in [5.74, 6) is 1.03. The van der Waals surface area contributed by atoms with E-state index in [4.69, 9.17) is 4.74 Å². The molecule has 0 bridgehead atoms. The zero-order valence-electron chi connectivity index (χ0n) is 12.4. The van der Waals surface area contributed by atoms with Crippen LogP contribution in [0.25, 0.3) is 0 Å². The number of hydrogen-bond donors (Lipinski definition) is 2. The maximum Gasteiger partial charge on any atom is 0.323 e. The Balaban J connectivity index is 2.59. The molecule has 7 heteroatoms. The summed E-state index contributed by atoms with van der Waals surface area (Å²) in [5.41, 5.74) is 0. The Bertz CT molecular complexity index is 384. The molecule has 0 atom stereocenters. The highest BCUT2D eigenvalue weighted by Gasteiger charge is 2.07. The van der Waals surface area contributed by atoms with Crippen LogP contribution in [0.3, 0.4) is 0 Å². The highest BCUT2D eigenvalue weighted by Crippen LogP contribution is 2.10. The summed E-state index contributed by atoms with van der Waals surface area (Å²) in [7, 11) is 3.85. The molecule has 0 aliphatic heterocycles. The molecule has 0 saturated heterocycles.